The zero-order valence-corrected chi connectivity index (χ0v) is 16.6. The molecule has 0 amide bonds. The van der Waals surface area contributed by atoms with Crippen molar-refractivity contribution in [3.63, 3.8) is 0 Å². The van der Waals surface area contributed by atoms with Gasteiger partial charge in [0.25, 0.3) is 0 Å². The van der Waals surface area contributed by atoms with Gasteiger partial charge in [-0.1, -0.05) is 24.0 Å². The van der Waals surface area contributed by atoms with Crippen molar-refractivity contribution in [1.29, 1.82) is 0 Å². The van der Waals surface area contributed by atoms with Crippen LogP contribution in [0.15, 0.2) is 73.3 Å². The summed E-state index contributed by atoms with van der Waals surface area (Å²) in [6.45, 7) is 0.626. The highest BCUT2D eigenvalue weighted by atomic mass is 19.1. The van der Waals surface area contributed by atoms with Gasteiger partial charge in [0, 0.05) is 28.4 Å². The van der Waals surface area contributed by atoms with Gasteiger partial charge in [-0.25, -0.2) is 9.97 Å². The lowest BCUT2D eigenvalue weighted by Crippen LogP contribution is -2.02. The summed E-state index contributed by atoms with van der Waals surface area (Å²) in [5.74, 6) is 5.64. The van der Waals surface area contributed by atoms with Crippen LogP contribution in [0.2, 0.25) is 0 Å². The molecule has 0 aliphatic carbocycles. The summed E-state index contributed by atoms with van der Waals surface area (Å²) in [7, 11) is 0. The highest BCUT2D eigenvalue weighted by Gasteiger charge is 2.10. The number of fused-ring (bicyclic) bond motifs is 3. The van der Waals surface area contributed by atoms with Crippen LogP contribution >= 0.6 is 0 Å². The first kappa shape index (κ1) is 18.9. The van der Waals surface area contributed by atoms with E-state index in [-0.39, 0.29) is 0 Å². The van der Waals surface area contributed by atoms with Crippen LogP contribution in [0, 0.1) is 17.8 Å². The maximum absolute atomic E-state index is 13.0. The Labute approximate surface area is 178 Å². The second-order valence-corrected chi connectivity index (χ2v) is 7.16. The normalized spacial score (nSPS) is 10.9. The van der Waals surface area contributed by atoms with E-state index in [1.807, 2.05) is 24.5 Å². The molecule has 0 fully saturated rings. The molecular formula is C25H18FN5. The van der Waals surface area contributed by atoms with E-state index in [2.05, 4.69) is 55.6 Å². The van der Waals surface area contributed by atoms with E-state index in [4.69, 9.17) is 5.73 Å². The highest BCUT2D eigenvalue weighted by molar-refractivity contribution is 6.03. The number of rotatable bonds is 3. The monoisotopic (exact) mass is 407 g/mol. The summed E-state index contributed by atoms with van der Waals surface area (Å²) >= 11 is 0. The summed E-state index contributed by atoms with van der Waals surface area (Å²) < 4.78 is 15.1. The molecule has 0 saturated heterocycles. The Morgan fingerprint density at radius 2 is 1.65 bits per heavy atom. The minimum Gasteiger partial charge on any atom is -0.330 e. The second kappa shape index (κ2) is 7.98. The summed E-state index contributed by atoms with van der Waals surface area (Å²) in [6, 6.07) is 17.1. The fourth-order valence-corrected chi connectivity index (χ4v) is 3.55. The molecule has 0 saturated carbocycles. The van der Waals surface area contributed by atoms with Crippen molar-refractivity contribution < 1.29 is 4.39 Å². The lowest BCUT2D eigenvalue weighted by Gasteiger charge is -2.08. The van der Waals surface area contributed by atoms with Crippen molar-refractivity contribution in [2.45, 2.75) is 6.42 Å². The van der Waals surface area contributed by atoms with E-state index in [0.29, 0.717) is 12.1 Å². The van der Waals surface area contributed by atoms with Crippen LogP contribution in [0.3, 0.4) is 0 Å². The molecule has 3 aromatic heterocycles. The molecule has 0 unspecified atom stereocenters. The van der Waals surface area contributed by atoms with Gasteiger partial charge >= 0.3 is 0 Å². The minimum absolute atomic E-state index is 0.519. The van der Waals surface area contributed by atoms with E-state index < -0.39 is 5.95 Å². The van der Waals surface area contributed by atoms with E-state index in [9.17, 15) is 4.39 Å². The van der Waals surface area contributed by atoms with Crippen LogP contribution < -0.4 is 5.73 Å². The summed E-state index contributed by atoms with van der Waals surface area (Å²) in [6.07, 6.45) is 5.87. The van der Waals surface area contributed by atoms with Gasteiger partial charge in [-0.15, -0.1) is 0 Å². The standard InChI is InChI=1S/C25H18FN5/c26-24-10-6-19(14-29-24)2-1-18-5-9-22-21(13-18)25-23(15-28-22)30-16-31(25)20-7-3-17(4-8-20)11-12-27/h3-10,13-16H,11-12,27H2. The molecule has 5 aromatic rings. The Bertz CT molecular complexity index is 1440. The van der Waals surface area contributed by atoms with Crippen molar-refractivity contribution >= 4 is 21.9 Å². The van der Waals surface area contributed by atoms with Crippen LogP contribution in [0.1, 0.15) is 16.7 Å². The van der Waals surface area contributed by atoms with Crippen LogP contribution in [0.5, 0.6) is 0 Å². The topological polar surface area (TPSA) is 69.6 Å². The molecule has 5 nitrogen and oxygen atoms in total. The number of aromatic nitrogens is 4. The van der Waals surface area contributed by atoms with Crippen molar-refractivity contribution in [2.24, 2.45) is 5.73 Å². The number of imidazole rings is 1. The molecule has 31 heavy (non-hydrogen) atoms. The van der Waals surface area contributed by atoms with E-state index >= 15 is 0 Å². The number of benzene rings is 2. The first-order chi connectivity index (χ1) is 15.2. The molecule has 0 aliphatic heterocycles. The molecule has 0 radical (unpaired) electrons. The minimum atomic E-state index is -0.519. The quantitative estimate of drug-likeness (QED) is 0.362. The van der Waals surface area contributed by atoms with Crippen LogP contribution in [-0.2, 0) is 6.42 Å². The first-order valence-electron chi connectivity index (χ1n) is 9.90. The van der Waals surface area contributed by atoms with Crippen molar-refractivity contribution in [3.05, 3.63) is 96.0 Å². The summed E-state index contributed by atoms with van der Waals surface area (Å²) in [5, 5.41) is 0.963. The van der Waals surface area contributed by atoms with Gasteiger partial charge in [0.2, 0.25) is 5.95 Å². The Morgan fingerprint density at radius 3 is 2.42 bits per heavy atom. The number of nitrogens with zero attached hydrogens (tertiary/aromatic N) is 4. The van der Waals surface area contributed by atoms with Crippen LogP contribution in [0.25, 0.3) is 27.6 Å². The molecule has 150 valence electrons. The molecular weight excluding hydrogens is 389 g/mol. The second-order valence-electron chi connectivity index (χ2n) is 7.16. The average molecular weight is 407 g/mol. The molecule has 0 bridgehead atoms. The number of halogens is 1. The van der Waals surface area contributed by atoms with Crippen LogP contribution in [-0.4, -0.2) is 26.1 Å². The van der Waals surface area contributed by atoms with Crippen molar-refractivity contribution in [2.75, 3.05) is 6.54 Å². The predicted molar refractivity (Wildman–Crippen MR) is 119 cm³/mol. The predicted octanol–water partition coefficient (Wildman–Crippen LogP) is 4.01. The summed E-state index contributed by atoms with van der Waals surface area (Å²) in [5.41, 5.74) is 12.0. The maximum Gasteiger partial charge on any atom is 0.212 e. The zero-order chi connectivity index (χ0) is 21.2. The van der Waals surface area contributed by atoms with Gasteiger partial charge < -0.3 is 5.73 Å². The van der Waals surface area contributed by atoms with E-state index in [1.54, 1.807) is 12.3 Å². The molecule has 5 rings (SSSR count). The molecule has 0 atom stereocenters. The molecule has 2 N–H and O–H groups in total. The SMILES string of the molecule is NCCc1ccc(-n2cnc3cnc4ccc(C#Cc5ccc(F)nc5)cc4c32)cc1. The maximum atomic E-state index is 13.0. The van der Waals surface area contributed by atoms with Gasteiger partial charge in [-0.3, -0.25) is 9.55 Å². The van der Waals surface area contributed by atoms with Gasteiger partial charge in [0.15, 0.2) is 0 Å². The third kappa shape index (κ3) is 3.75. The smallest absolute Gasteiger partial charge is 0.212 e. The van der Waals surface area contributed by atoms with Crippen LogP contribution in [0.4, 0.5) is 4.39 Å². The lowest BCUT2D eigenvalue weighted by atomic mass is 10.1. The number of hydrogen-bond donors (Lipinski definition) is 1. The number of nitrogens with two attached hydrogens (primary N) is 1. The van der Waals surface area contributed by atoms with Crippen molar-refractivity contribution in [1.82, 2.24) is 19.5 Å². The Balaban J connectivity index is 1.61. The largest absolute Gasteiger partial charge is 0.330 e. The van der Waals surface area contributed by atoms with Gasteiger partial charge in [0.1, 0.15) is 11.8 Å². The highest BCUT2D eigenvalue weighted by Crippen LogP contribution is 2.26. The number of hydrogen-bond acceptors (Lipinski definition) is 4. The van der Waals surface area contributed by atoms with Crippen molar-refractivity contribution in [3.8, 4) is 17.5 Å². The third-order valence-electron chi connectivity index (χ3n) is 5.10. The fraction of sp³-hybridized carbons (Fsp3) is 0.0800. The van der Waals surface area contributed by atoms with Gasteiger partial charge in [-0.05, 0) is 61.0 Å². The molecule has 2 aromatic carbocycles. The molecule has 3 heterocycles. The Morgan fingerprint density at radius 1 is 0.839 bits per heavy atom. The first-order valence-corrected chi connectivity index (χ1v) is 9.90. The van der Waals surface area contributed by atoms with Gasteiger partial charge in [0.05, 0.1) is 17.2 Å². The van der Waals surface area contributed by atoms with E-state index in [0.717, 1.165) is 39.6 Å². The van der Waals surface area contributed by atoms with Gasteiger partial charge in [-0.2, -0.15) is 4.39 Å². The summed E-state index contributed by atoms with van der Waals surface area (Å²) in [4.78, 5) is 12.7. The Kier molecular flexibility index (Phi) is 4.87. The number of pyridine rings is 2. The zero-order valence-electron chi connectivity index (χ0n) is 16.6. The molecule has 0 spiro atoms. The molecule has 0 aliphatic rings. The Hall–Kier alpha value is -4.08. The fourth-order valence-electron chi connectivity index (χ4n) is 3.55. The average Bonchev–Trinajstić information content (AvgIpc) is 3.24. The lowest BCUT2D eigenvalue weighted by molar-refractivity contribution is 0.583. The third-order valence-corrected chi connectivity index (χ3v) is 5.10. The van der Waals surface area contributed by atoms with E-state index in [1.165, 1.54) is 17.8 Å². The molecule has 6 heteroatoms.